The Morgan fingerprint density at radius 3 is 2.43 bits per heavy atom. The van der Waals surface area contributed by atoms with Gasteiger partial charge in [-0.25, -0.2) is 0 Å². The average molecular weight is 311 g/mol. The molecule has 0 saturated carbocycles. The molecule has 0 spiro atoms. The number of aliphatic carboxylic acids is 1. The Hall–Kier alpha value is -1.69. The van der Waals surface area contributed by atoms with Crippen LogP contribution in [0.25, 0.3) is 0 Å². The van der Waals surface area contributed by atoms with Gasteiger partial charge >= 0.3 is 5.97 Å². The molecular weight excluding hydrogens is 290 g/mol. The Kier molecular flexibility index (Phi) is 8.35. The second kappa shape index (κ2) is 10.1. The maximum Gasteiger partial charge on any atom is 0.303 e. The second-order valence-corrected chi connectivity index (χ2v) is 6.30. The molecule has 0 bridgehead atoms. The van der Waals surface area contributed by atoms with Crippen molar-refractivity contribution in [3.05, 3.63) is 35.9 Å². The van der Waals surface area contributed by atoms with Crippen LogP contribution in [0, 0.1) is 0 Å². The fourth-order valence-electron chi connectivity index (χ4n) is 1.79. The number of carbonyl (C=O) groups is 2. The van der Waals surface area contributed by atoms with Crippen molar-refractivity contribution in [2.75, 3.05) is 12.3 Å². The molecule has 5 nitrogen and oxygen atoms in total. The fraction of sp³-hybridized carbons (Fsp3) is 0.467. The molecule has 1 atom stereocenters. The van der Waals surface area contributed by atoms with Gasteiger partial charge in [0.15, 0.2) is 0 Å². The van der Waals surface area contributed by atoms with Crippen molar-refractivity contribution in [3.8, 4) is 0 Å². The number of nitrogens with one attached hydrogen (secondary N) is 1. The van der Waals surface area contributed by atoms with Crippen LogP contribution in [0.3, 0.4) is 0 Å². The molecule has 1 rings (SSSR count). The molecule has 1 unspecified atom stereocenters. The third-order valence-corrected chi connectivity index (χ3v) is 4.18. The number of rotatable bonds is 10. The summed E-state index contributed by atoms with van der Waals surface area (Å²) >= 11 is 0. The largest absolute Gasteiger partial charge is 0.481 e. The summed E-state index contributed by atoms with van der Waals surface area (Å²) in [5.74, 6) is -0.0331. The number of hydrogen-bond donors (Lipinski definition) is 2. The van der Waals surface area contributed by atoms with Crippen molar-refractivity contribution in [3.63, 3.8) is 0 Å². The molecule has 0 aliphatic rings. The smallest absolute Gasteiger partial charge is 0.303 e. The summed E-state index contributed by atoms with van der Waals surface area (Å²) in [4.78, 5) is 21.8. The van der Waals surface area contributed by atoms with Crippen molar-refractivity contribution in [1.29, 1.82) is 0 Å². The van der Waals surface area contributed by atoms with Crippen molar-refractivity contribution >= 4 is 22.7 Å². The molecule has 2 N–H and O–H groups in total. The molecule has 0 aliphatic heterocycles. The maximum atomic E-state index is 11.8. The van der Waals surface area contributed by atoms with E-state index in [9.17, 15) is 13.8 Å². The highest BCUT2D eigenvalue weighted by molar-refractivity contribution is 7.84. The number of hydrogen-bond acceptors (Lipinski definition) is 3. The zero-order chi connectivity index (χ0) is 15.5. The lowest BCUT2D eigenvalue weighted by Gasteiger charge is -2.05. The van der Waals surface area contributed by atoms with Crippen molar-refractivity contribution < 1.29 is 18.9 Å². The lowest BCUT2D eigenvalue weighted by atomic mass is 10.2. The zero-order valence-corrected chi connectivity index (χ0v) is 12.7. The summed E-state index contributed by atoms with van der Waals surface area (Å²) in [7, 11) is -0.993. The van der Waals surface area contributed by atoms with Crippen molar-refractivity contribution in [2.24, 2.45) is 0 Å². The van der Waals surface area contributed by atoms with Gasteiger partial charge in [-0.05, 0) is 18.4 Å². The van der Waals surface area contributed by atoms with E-state index in [0.29, 0.717) is 37.3 Å². The van der Waals surface area contributed by atoms with Crippen LogP contribution in [0.15, 0.2) is 30.3 Å². The molecule has 0 aliphatic carbocycles. The van der Waals surface area contributed by atoms with E-state index in [1.165, 1.54) is 0 Å². The van der Waals surface area contributed by atoms with Gasteiger partial charge in [0.1, 0.15) is 0 Å². The first-order chi connectivity index (χ1) is 10.1. The van der Waals surface area contributed by atoms with Gasteiger partial charge in [-0.15, -0.1) is 0 Å². The van der Waals surface area contributed by atoms with E-state index >= 15 is 0 Å². The Morgan fingerprint density at radius 1 is 1.10 bits per heavy atom. The molecule has 6 heteroatoms. The van der Waals surface area contributed by atoms with Gasteiger partial charge in [-0.1, -0.05) is 30.3 Å². The van der Waals surface area contributed by atoms with Gasteiger partial charge in [0.25, 0.3) is 0 Å². The van der Waals surface area contributed by atoms with Crippen LogP contribution in [-0.4, -0.2) is 33.5 Å². The third kappa shape index (κ3) is 8.96. The van der Waals surface area contributed by atoms with E-state index in [1.807, 2.05) is 30.3 Å². The quantitative estimate of drug-likeness (QED) is 0.644. The topological polar surface area (TPSA) is 83.5 Å². The molecule has 21 heavy (non-hydrogen) atoms. The van der Waals surface area contributed by atoms with E-state index < -0.39 is 16.8 Å². The minimum atomic E-state index is -0.993. The molecule has 0 radical (unpaired) electrons. The minimum Gasteiger partial charge on any atom is -0.481 e. The maximum absolute atomic E-state index is 11.8. The highest BCUT2D eigenvalue weighted by atomic mass is 32.2. The average Bonchev–Trinajstić information content (AvgIpc) is 2.44. The summed E-state index contributed by atoms with van der Waals surface area (Å²) in [6.07, 6.45) is 1.47. The number of carboxylic acid groups (broad SMARTS) is 1. The summed E-state index contributed by atoms with van der Waals surface area (Å²) < 4.78 is 11.8. The summed E-state index contributed by atoms with van der Waals surface area (Å²) in [6, 6.07) is 9.59. The highest BCUT2D eigenvalue weighted by Gasteiger charge is 2.05. The van der Waals surface area contributed by atoms with E-state index in [0.717, 1.165) is 5.56 Å². The summed E-state index contributed by atoms with van der Waals surface area (Å²) in [6.45, 7) is 0.386. The lowest BCUT2D eigenvalue weighted by molar-refractivity contribution is -0.137. The zero-order valence-electron chi connectivity index (χ0n) is 11.9. The van der Waals surface area contributed by atoms with Gasteiger partial charge in [0, 0.05) is 41.7 Å². The van der Waals surface area contributed by atoms with Gasteiger partial charge in [0.05, 0.1) is 0 Å². The number of benzene rings is 1. The van der Waals surface area contributed by atoms with Crippen LogP contribution in [0.2, 0.25) is 0 Å². The molecule has 116 valence electrons. The van der Waals surface area contributed by atoms with E-state index in [4.69, 9.17) is 5.11 Å². The van der Waals surface area contributed by atoms with Gasteiger partial charge in [0.2, 0.25) is 5.91 Å². The first kappa shape index (κ1) is 17.4. The molecule has 0 aromatic heterocycles. The first-order valence-electron chi connectivity index (χ1n) is 6.95. The Labute approximate surface area is 127 Å². The SMILES string of the molecule is O=C(O)CCCCC(=O)NCCS(=O)Cc1ccccc1. The number of unbranched alkanes of at least 4 members (excludes halogenated alkanes) is 1. The van der Waals surface area contributed by atoms with Crippen LogP contribution in [0.1, 0.15) is 31.2 Å². The molecule has 0 heterocycles. The predicted octanol–water partition coefficient (Wildman–Crippen LogP) is 1.70. The van der Waals surface area contributed by atoms with Gasteiger partial charge in [-0.2, -0.15) is 0 Å². The van der Waals surface area contributed by atoms with Gasteiger partial charge < -0.3 is 10.4 Å². The van der Waals surface area contributed by atoms with E-state index in [2.05, 4.69) is 5.32 Å². The van der Waals surface area contributed by atoms with Crippen LogP contribution < -0.4 is 5.32 Å². The molecular formula is C15H21NO4S. The lowest BCUT2D eigenvalue weighted by Crippen LogP contribution is -2.27. The van der Waals surface area contributed by atoms with E-state index in [1.54, 1.807) is 0 Å². The Balaban J connectivity index is 2.08. The Bertz CT molecular complexity index is 476. The summed E-state index contributed by atoms with van der Waals surface area (Å²) in [5, 5.41) is 11.2. The third-order valence-electron chi connectivity index (χ3n) is 2.87. The number of carboxylic acids is 1. The fourth-order valence-corrected chi connectivity index (χ4v) is 2.83. The van der Waals surface area contributed by atoms with Crippen LogP contribution in [-0.2, 0) is 26.1 Å². The molecule has 1 amide bonds. The van der Waals surface area contributed by atoms with Gasteiger partial charge in [-0.3, -0.25) is 13.8 Å². The van der Waals surface area contributed by atoms with E-state index in [-0.39, 0.29) is 12.3 Å². The number of carbonyl (C=O) groups excluding carboxylic acids is 1. The van der Waals surface area contributed by atoms with Crippen LogP contribution in [0.5, 0.6) is 0 Å². The normalized spacial score (nSPS) is 11.8. The first-order valence-corrected chi connectivity index (χ1v) is 8.44. The molecule has 0 fully saturated rings. The van der Waals surface area contributed by atoms with Crippen molar-refractivity contribution in [2.45, 2.75) is 31.4 Å². The minimum absolute atomic E-state index is 0.0916. The predicted molar refractivity (Wildman–Crippen MR) is 82.3 cm³/mol. The number of amides is 1. The highest BCUT2D eigenvalue weighted by Crippen LogP contribution is 2.03. The summed E-state index contributed by atoms with van der Waals surface area (Å²) in [5.41, 5.74) is 1.02. The molecule has 1 aromatic rings. The Morgan fingerprint density at radius 2 is 1.76 bits per heavy atom. The molecule has 0 saturated heterocycles. The van der Waals surface area contributed by atoms with Crippen LogP contribution in [0.4, 0.5) is 0 Å². The van der Waals surface area contributed by atoms with Crippen LogP contribution >= 0.6 is 0 Å². The van der Waals surface area contributed by atoms with Crippen molar-refractivity contribution in [1.82, 2.24) is 5.32 Å². The standard InChI is InChI=1S/C15H21NO4S/c17-14(8-4-5-9-15(18)19)16-10-11-21(20)12-13-6-2-1-3-7-13/h1-3,6-7H,4-5,8-12H2,(H,16,17)(H,18,19). The second-order valence-electron chi connectivity index (χ2n) is 4.72. The monoisotopic (exact) mass is 311 g/mol. The molecule has 1 aromatic carbocycles.